The molecule has 1 aliphatic carbocycles. The van der Waals surface area contributed by atoms with Crippen molar-refractivity contribution in [2.45, 2.75) is 51.6 Å². The highest BCUT2D eigenvalue weighted by Gasteiger charge is 2.32. The first-order chi connectivity index (χ1) is 14.2. The predicted octanol–water partition coefficient (Wildman–Crippen LogP) is 3.61. The molecule has 1 N–H and O–H groups in total. The standard InChI is InChI=1S/C23H30N2O4S/c1-5-22(25(30(4,27)28)20-11-13-21(29-3)14-12-20)23(26)24-16(2)18-10-9-17-7-6-8-19(17)15-18/h9-16,22H,5-8H2,1-4H3,(H,24,26). The number of sulfonamides is 1. The van der Waals surface area contributed by atoms with Gasteiger partial charge < -0.3 is 10.1 Å². The molecule has 0 heterocycles. The second kappa shape index (κ2) is 9.08. The SMILES string of the molecule is CCC(C(=O)NC(C)c1ccc2c(c1)CCC2)N(c1ccc(OC)cc1)S(C)(=O)=O. The third-order valence-corrected chi connectivity index (χ3v) is 6.82. The van der Waals surface area contributed by atoms with Crippen LogP contribution in [0.3, 0.4) is 0 Å². The van der Waals surface area contributed by atoms with Crippen molar-refractivity contribution in [2.75, 3.05) is 17.7 Å². The average Bonchev–Trinajstić information content (AvgIpc) is 3.18. The van der Waals surface area contributed by atoms with Gasteiger partial charge in [-0.15, -0.1) is 0 Å². The topological polar surface area (TPSA) is 75.7 Å². The Bertz CT molecular complexity index is 1000. The molecule has 0 spiro atoms. The van der Waals surface area contributed by atoms with Gasteiger partial charge in [-0.2, -0.15) is 0 Å². The molecule has 2 unspecified atom stereocenters. The molecule has 7 heteroatoms. The number of nitrogens with one attached hydrogen (secondary N) is 1. The van der Waals surface area contributed by atoms with Gasteiger partial charge in [0.1, 0.15) is 11.8 Å². The maximum absolute atomic E-state index is 13.1. The van der Waals surface area contributed by atoms with Crippen molar-refractivity contribution < 1.29 is 17.9 Å². The number of aryl methyl sites for hydroxylation is 2. The Kier molecular flexibility index (Phi) is 6.71. The van der Waals surface area contributed by atoms with Gasteiger partial charge in [0.15, 0.2) is 0 Å². The highest BCUT2D eigenvalue weighted by atomic mass is 32.2. The number of methoxy groups -OCH3 is 1. The van der Waals surface area contributed by atoms with E-state index < -0.39 is 16.1 Å². The summed E-state index contributed by atoms with van der Waals surface area (Å²) in [7, 11) is -2.12. The number of fused-ring (bicyclic) bond motifs is 1. The lowest BCUT2D eigenvalue weighted by atomic mass is 10.0. The van der Waals surface area contributed by atoms with E-state index in [2.05, 4.69) is 17.4 Å². The number of anilines is 1. The van der Waals surface area contributed by atoms with Crippen LogP contribution in [-0.4, -0.2) is 33.7 Å². The molecule has 0 aliphatic heterocycles. The van der Waals surface area contributed by atoms with Gasteiger partial charge in [0.05, 0.1) is 25.1 Å². The lowest BCUT2D eigenvalue weighted by Crippen LogP contribution is -2.49. The third kappa shape index (κ3) is 4.78. The lowest BCUT2D eigenvalue weighted by Gasteiger charge is -2.31. The summed E-state index contributed by atoms with van der Waals surface area (Å²) in [5.41, 5.74) is 4.20. The maximum Gasteiger partial charge on any atom is 0.244 e. The fraction of sp³-hybridized carbons (Fsp3) is 0.435. The minimum atomic E-state index is -3.67. The zero-order valence-corrected chi connectivity index (χ0v) is 18.8. The van der Waals surface area contributed by atoms with Crippen molar-refractivity contribution in [3.8, 4) is 5.75 Å². The molecule has 0 saturated carbocycles. The number of carbonyl (C=O) groups excluding carboxylic acids is 1. The summed E-state index contributed by atoms with van der Waals surface area (Å²) >= 11 is 0. The number of hydrogen-bond donors (Lipinski definition) is 1. The Morgan fingerprint density at radius 2 is 1.80 bits per heavy atom. The van der Waals surface area contributed by atoms with Crippen molar-refractivity contribution >= 4 is 21.6 Å². The second-order valence-corrected chi connectivity index (χ2v) is 9.65. The third-order valence-electron chi connectivity index (χ3n) is 5.64. The van der Waals surface area contributed by atoms with Crippen molar-refractivity contribution in [3.63, 3.8) is 0 Å². The Labute approximate surface area is 179 Å². The minimum Gasteiger partial charge on any atom is -0.497 e. The highest BCUT2D eigenvalue weighted by molar-refractivity contribution is 7.92. The molecule has 0 saturated heterocycles. The van der Waals surface area contributed by atoms with Gasteiger partial charge in [-0.1, -0.05) is 25.1 Å². The predicted molar refractivity (Wildman–Crippen MR) is 119 cm³/mol. The molecule has 162 valence electrons. The van der Waals surface area contributed by atoms with Crippen LogP contribution in [0.15, 0.2) is 42.5 Å². The van der Waals surface area contributed by atoms with E-state index in [0.29, 0.717) is 17.9 Å². The van der Waals surface area contributed by atoms with E-state index in [1.54, 1.807) is 31.4 Å². The summed E-state index contributed by atoms with van der Waals surface area (Å²) in [6.07, 6.45) is 4.82. The number of hydrogen-bond acceptors (Lipinski definition) is 4. The van der Waals surface area contributed by atoms with E-state index in [1.165, 1.54) is 21.9 Å². The van der Waals surface area contributed by atoms with E-state index in [0.717, 1.165) is 24.7 Å². The Hall–Kier alpha value is -2.54. The molecule has 0 radical (unpaired) electrons. The quantitative estimate of drug-likeness (QED) is 0.694. The molecule has 2 aromatic rings. The molecular weight excluding hydrogens is 400 g/mol. The van der Waals surface area contributed by atoms with Crippen LogP contribution in [0.1, 0.15) is 49.4 Å². The maximum atomic E-state index is 13.1. The highest BCUT2D eigenvalue weighted by Crippen LogP contribution is 2.27. The van der Waals surface area contributed by atoms with Crippen LogP contribution in [0.4, 0.5) is 5.69 Å². The van der Waals surface area contributed by atoms with Crippen LogP contribution in [0.5, 0.6) is 5.75 Å². The van der Waals surface area contributed by atoms with Crippen molar-refractivity contribution in [1.29, 1.82) is 0 Å². The fourth-order valence-corrected chi connectivity index (χ4v) is 5.26. The molecule has 2 aromatic carbocycles. The van der Waals surface area contributed by atoms with Crippen molar-refractivity contribution in [2.24, 2.45) is 0 Å². The summed E-state index contributed by atoms with van der Waals surface area (Å²) < 4.78 is 31.5. The first kappa shape index (κ1) is 22.2. The molecule has 1 amide bonds. The zero-order valence-electron chi connectivity index (χ0n) is 18.0. The number of rotatable bonds is 8. The lowest BCUT2D eigenvalue weighted by molar-refractivity contribution is -0.122. The van der Waals surface area contributed by atoms with Gasteiger partial charge in [0, 0.05) is 0 Å². The van der Waals surface area contributed by atoms with Crippen LogP contribution in [-0.2, 0) is 27.7 Å². The Balaban J connectivity index is 1.83. The van der Waals surface area contributed by atoms with E-state index in [4.69, 9.17) is 4.74 Å². The number of benzene rings is 2. The number of amides is 1. The van der Waals surface area contributed by atoms with Crippen LogP contribution in [0, 0.1) is 0 Å². The van der Waals surface area contributed by atoms with E-state index in [9.17, 15) is 13.2 Å². The molecular formula is C23H30N2O4S. The molecule has 1 aliphatic rings. The number of carbonyl (C=O) groups is 1. The Morgan fingerprint density at radius 1 is 1.13 bits per heavy atom. The summed E-state index contributed by atoms with van der Waals surface area (Å²) in [6.45, 7) is 3.74. The summed E-state index contributed by atoms with van der Waals surface area (Å²) in [5, 5.41) is 3.01. The average molecular weight is 431 g/mol. The normalized spacial score (nSPS) is 15.2. The fourth-order valence-electron chi connectivity index (χ4n) is 4.04. The van der Waals surface area contributed by atoms with Crippen molar-refractivity contribution in [1.82, 2.24) is 5.32 Å². The first-order valence-corrected chi connectivity index (χ1v) is 12.1. The molecule has 30 heavy (non-hydrogen) atoms. The second-order valence-electron chi connectivity index (χ2n) is 7.79. The van der Waals surface area contributed by atoms with Gasteiger partial charge in [0.2, 0.25) is 15.9 Å². The minimum absolute atomic E-state index is 0.213. The summed E-state index contributed by atoms with van der Waals surface area (Å²) in [4.78, 5) is 13.1. The van der Waals surface area contributed by atoms with E-state index in [1.807, 2.05) is 19.9 Å². The summed E-state index contributed by atoms with van der Waals surface area (Å²) in [6, 6.07) is 12.0. The molecule has 0 fully saturated rings. The molecule has 0 bridgehead atoms. The smallest absolute Gasteiger partial charge is 0.244 e. The number of nitrogens with zero attached hydrogens (tertiary/aromatic N) is 1. The van der Waals surface area contributed by atoms with Crippen LogP contribution in [0.25, 0.3) is 0 Å². The van der Waals surface area contributed by atoms with Gasteiger partial charge in [-0.25, -0.2) is 8.42 Å². The van der Waals surface area contributed by atoms with E-state index >= 15 is 0 Å². The van der Waals surface area contributed by atoms with E-state index in [-0.39, 0.29) is 11.9 Å². The monoisotopic (exact) mass is 430 g/mol. The molecule has 3 rings (SSSR count). The van der Waals surface area contributed by atoms with Crippen LogP contribution < -0.4 is 14.4 Å². The largest absolute Gasteiger partial charge is 0.497 e. The molecule has 0 aromatic heterocycles. The molecule has 2 atom stereocenters. The van der Waals surface area contributed by atoms with Crippen molar-refractivity contribution in [3.05, 3.63) is 59.2 Å². The molecule has 6 nitrogen and oxygen atoms in total. The number of ether oxygens (including phenoxy) is 1. The first-order valence-electron chi connectivity index (χ1n) is 10.3. The summed E-state index contributed by atoms with van der Waals surface area (Å²) in [5.74, 6) is 0.307. The van der Waals surface area contributed by atoms with Crippen LogP contribution in [0.2, 0.25) is 0 Å². The zero-order chi connectivity index (χ0) is 21.9. The van der Waals surface area contributed by atoms with Gasteiger partial charge in [0.25, 0.3) is 0 Å². The Morgan fingerprint density at radius 3 is 2.40 bits per heavy atom. The van der Waals surface area contributed by atoms with Gasteiger partial charge in [-0.05, 0) is 73.6 Å². The van der Waals surface area contributed by atoms with Crippen LogP contribution >= 0.6 is 0 Å². The van der Waals surface area contributed by atoms with Gasteiger partial charge >= 0.3 is 0 Å². The van der Waals surface area contributed by atoms with Gasteiger partial charge in [-0.3, -0.25) is 9.10 Å².